The third-order valence-corrected chi connectivity index (χ3v) is 9.67. The SMILES string of the molecule is C=C(CCC)C1=C(C)C=C2C/C(=C\C3=CC=C(c4cc(C(=C)C)ccc4C)C3)C(=C)C2C1c1ccc(CC)c(CC)c1. The van der Waals surface area contributed by atoms with Crippen LogP contribution in [0.15, 0.2) is 119 Å². The topological polar surface area (TPSA) is 0 Å². The zero-order valence-corrected chi connectivity index (χ0v) is 26.8. The van der Waals surface area contributed by atoms with Crippen LogP contribution in [0.5, 0.6) is 0 Å². The lowest BCUT2D eigenvalue weighted by Crippen LogP contribution is -2.21. The second-order valence-corrected chi connectivity index (χ2v) is 12.7. The Morgan fingerprint density at radius 3 is 2.36 bits per heavy atom. The van der Waals surface area contributed by atoms with Crippen molar-refractivity contribution in [2.45, 2.75) is 86.0 Å². The average Bonchev–Trinajstić information content (AvgIpc) is 3.56. The second kappa shape index (κ2) is 12.3. The highest BCUT2D eigenvalue weighted by atomic mass is 14.4. The van der Waals surface area contributed by atoms with E-state index in [-0.39, 0.29) is 5.92 Å². The quantitative estimate of drug-likeness (QED) is 0.290. The fraction of sp³-hybridized carbons (Fsp3) is 0.333. The summed E-state index contributed by atoms with van der Waals surface area (Å²) in [6.45, 7) is 27.0. The summed E-state index contributed by atoms with van der Waals surface area (Å²) in [4.78, 5) is 0. The van der Waals surface area contributed by atoms with Crippen molar-refractivity contribution in [3.8, 4) is 0 Å². The smallest absolute Gasteiger partial charge is 0.0201 e. The molecule has 0 heterocycles. The van der Waals surface area contributed by atoms with Gasteiger partial charge in [0.05, 0.1) is 0 Å². The Hall–Kier alpha value is -3.64. The monoisotopic (exact) mass is 552 g/mol. The Morgan fingerprint density at radius 1 is 0.905 bits per heavy atom. The minimum absolute atomic E-state index is 0.275. The Morgan fingerprint density at radius 2 is 1.67 bits per heavy atom. The predicted octanol–water partition coefficient (Wildman–Crippen LogP) is 11.8. The van der Waals surface area contributed by atoms with Crippen LogP contribution in [0.1, 0.15) is 99.6 Å². The molecule has 1 saturated carbocycles. The highest BCUT2D eigenvalue weighted by molar-refractivity contribution is 5.78. The van der Waals surface area contributed by atoms with E-state index in [0.29, 0.717) is 5.92 Å². The lowest BCUT2D eigenvalue weighted by atomic mass is 9.68. The van der Waals surface area contributed by atoms with Gasteiger partial charge in [0, 0.05) is 11.8 Å². The van der Waals surface area contributed by atoms with Crippen LogP contribution in [0.25, 0.3) is 11.1 Å². The number of hydrogen-bond acceptors (Lipinski definition) is 0. The van der Waals surface area contributed by atoms with Crippen LogP contribution < -0.4 is 0 Å². The first-order valence-electron chi connectivity index (χ1n) is 15.9. The highest BCUT2D eigenvalue weighted by Crippen LogP contribution is 2.55. The van der Waals surface area contributed by atoms with Gasteiger partial charge in [0.25, 0.3) is 0 Å². The van der Waals surface area contributed by atoms with Crippen molar-refractivity contribution in [1.29, 1.82) is 0 Å². The molecule has 0 radical (unpaired) electrons. The van der Waals surface area contributed by atoms with Crippen LogP contribution >= 0.6 is 0 Å². The van der Waals surface area contributed by atoms with Gasteiger partial charge in [0.1, 0.15) is 0 Å². The molecular weight excluding hydrogens is 504 g/mol. The standard InChI is InChI=1S/C42H48/c1-10-13-28(7)40-29(8)20-38-24-37(30(9)41(38)42(40)36-19-18-32(11-2)33(12-3)23-36)22-31-15-17-35(21-31)39-25-34(26(4)5)16-14-27(39)6/h14-20,22-23,25,41-42H,4,7,9-13,21,24H2,1-3,5-6,8H3/b37-22+. The van der Waals surface area contributed by atoms with Gasteiger partial charge in [-0.1, -0.05) is 118 Å². The van der Waals surface area contributed by atoms with Crippen molar-refractivity contribution < 1.29 is 0 Å². The zero-order valence-electron chi connectivity index (χ0n) is 26.8. The lowest BCUT2D eigenvalue weighted by Gasteiger charge is -2.35. The molecule has 2 aromatic rings. The third-order valence-electron chi connectivity index (χ3n) is 9.67. The maximum absolute atomic E-state index is 4.79. The molecule has 0 aromatic heterocycles. The van der Waals surface area contributed by atoms with Gasteiger partial charge in [-0.05, 0) is 126 Å². The van der Waals surface area contributed by atoms with Crippen molar-refractivity contribution >= 4 is 11.1 Å². The summed E-state index contributed by atoms with van der Waals surface area (Å²) in [6, 6.07) is 14.0. The highest BCUT2D eigenvalue weighted by Gasteiger charge is 2.41. The van der Waals surface area contributed by atoms with Gasteiger partial charge >= 0.3 is 0 Å². The van der Waals surface area contributed by atoms with Crippen LogP contribution in [0.4, 0.5) is 0 Å². The molecular formula is C42H48. The average molecular weight is 553 g/mol. The molecule has 216 valence electrons. The summed E-state index contributed by atoms with van der Waals surface area (Å²) < 4.78 is 0. The van der Waals surface area contributed by atoms with Gasteiger partial charge in [-0.3, -0.25) is 0 Å². The largest absolute Gasteiger partial charge is 0.0955 e. The van der Waals surface area contributed by atoms with E-state index in [1.165, 1.54) is 78.0 Å². The third kappa shape index (κ3) is 5.57. The van der Waals surface area contributed by atoms with Crippen molar-refractivity contribution in [1.82, 2.24) is 0 Å². The van der Waals surface area contributed by atoms with Gasteiger partial charge in [-0.2, -0.15) is 0 Å². The normalized spacial score (nSPS) is 21.0. The molecule has 0 amide bonds. The molecule has 2 atom stereocenters. The molecule has 0 saturated heterocycles. The van der Waals surface area contributed by atoms with Gasteiger partial charge < -0.3 is 0 Å². The number of allylic oxidation sites excluding steroid dienone is 13. The molecule has 42 heavy (non-hydrogen) atoms. The first-order valence-corrected chi connectivity index (χ1v) is 15.9. The summed E-state index contributed by atoms with van der Waals surface area (Å²) in [6.07, 6.45) is 15.8. The van der Waals surface area contributed by atoms with E-state index in [1.807, 2.05) is 0 Å². The van der Waals surface area contributed by atoms with Crippen molar-refractivity contribution in [2.24, 2.45) is 5.92 Å². The number of aryl methyl sites for hydroxylation is 3. The molecule has 3 aliphatic rings. The molecule has 5 rings (SSSR count). The predicted molar refractivity (Wildman–Crippen MR) is 185 cm³/mol. The Balaban J connectivity index is 1.47. The lowest BCUT2D eigenvalue weighted by molar-refractivity contribution is 0.618. The fourth-order valence-corrected chi connectivity index (χ4v) is 7.43. The minimum atomic E-state index is 0.275. The van der Waals surface area contributed by atoms with E-state index >= 15 is 0 Å². The zero-order chi connectivity index (χ0) is 30.1. The van der Waals surface area contributed by atoms with E-state index in [9.17, 15) is 0 Å². The Kier molecular flexibility index (Phi) is 8.74. The summed E-state index contributed by atoms with van der Waals surface area (Å²) in [7, 11) is 0. The number of hydrogen-bond donors (Lipinski definition) is 0. The van der Waals surface area contributed by atoms with Crippen molar-refractivity contribution in [3.63, 3.8) is 0 Å². The van der Waals surface area contributed by atoms with E-state index in [0.717, 1.165) is 44.1 Å². The number of rotatable bonds is 9. The first-order chi connectivity index (χ1) is 20.2. The van der Waals surface area contributed by atoms with Crippen LogP contribution in [0, 0.1) is 12.8 Å². The summed E-state index contributed by atoms with van der Waals surface area (Å²) in [5.74, 6) is 0.571. The molecule has 2 unspecified atom stereocenters. The second-order valence-electron chi connectivity index (χ2n) is 12.7. The number of benzene rings is 2. The molecule has 0 heteroatoms. The van der Waals surface area contributed by atoms with Gasteiger partial charge in [-0.15, -0.1) is 0 Å². The summed E-state index contributed by atoms with van der Waals surface area (Å²) in [5, 5.41) is 0. The fourth-order valence-electron chi connectivity index (χ4n) is 7.43. The Labute approximate surface area is 255 Å². The molecule has 0 aliphatic heterocycles. The summed E-state index contributed by atoms with van der Waals surface area (Å²) >= 11 is 0. The van der Waals surface area contributed by atoms with Crippen LogP contribution in [-0.4, -0.2) is 0 Å². The van der Waals surface area contributed by atoms with Crippen molar-refractivity contribution in [2.75, 3.05) is 0 Å². The van der Waals surface area contributed by atoms with E-state index in [4.69, 9.17) is 6.58 Å². The molecule has 0 N–H and O–H groups in total. The van der Waals surface area contributed by atoms with Gasteiger partial charge in [0.15, 0.2) is 0 Å². The van der Waals surface area contributed by atoms with Crippen LogP contribution in [-0.2, 0) is 12.8 Å². The molecule has 0 spiro atoms. The molecule has 0 nitrogen and oxygen atoms in total. The van der Waals surface area contributed by atoms with Gasteiger partial charge in [-0.25, -0.2) is 0 Å². The maximum atomic E-state index is 4.79. The van der Waals surface area contributed by atoms with Gasteiger partial charge in [0.2, 0.25) is 0 Å². The van der Waals surface area contributed by atoms with Crippen LogP contribution in [0.3, 0.4) is 0 Å². The molecule has 1 fully saturated rings. The van der Waals surface area contributed by atoms with Crippen LogP contribution in [0.2, 0.25) is 0 Å². The first kappa shape index (κ1) is 29.8. The van der Waals surface area contributed by atoms with E-state index < -0.39 is 0 Å². The molecule has 2 aromatic carbocycles. The van der Waals surface area contributed by atoms with E-state index in [2.05, 4.69) is 115 Å². The molecule has 0 bridgehead atoms. The van der Waals surface area contributed by atoms with Crippen molar-refractivity contribution in [3.05, 3.63) is 153 Å². The van der Waals surface area contributed by atoms with E-state index in [1.54, 1.807) is 0 Å². The number of fused-ring (bicyclic) bond motifs is 1. The maximum Gasteiger partial charge on any atom is 0.0201 e. The molecule has 3 aliphatic carbocycles. The Bertz CT molecular complexity index is 1620. The summed E-state index contributed by atoms with van der Waals surface area (Å²) in [5.41, 5.74) is 20.4. The minimum Gasteiger partial charge on any atom is -0.0955 e.